The molecule has 4 nitrogen and oxygen atoms in total. The number of halogens is 1. The lowest BCUT2D eigenvalue weighted by molar-refractivity contribution is 0.325. The zero-order valence-electron chi connectivity index (χ0n) is 11.6. The first-order valence-electron chi connectivity index (χ1n) is 6.68. The van der Waals surface area contributed by atoms with Gasteiger partial charge < -0.3 is 10.2 Å². The lowest BCUT2D eigenvalue weighted by Crippen LogP contribution is -2.21. The SMILES string of the molecule is CN(CCCNc1ncc(I)cn1)Cc1ccccc1. The summed E-state index contributed by atoms with van der Waals surface area (Å²) in [5.74, 6) is 0.705. The predicted octanol–water partition coefficient (Wildman–Crippen LogP) is 3.02. The number of benzene rings is 1. The van der Waals surface area contributed by atoms with E-state index < -0.39 is 0 Å². The van der Waals surface area contributed by atoms with Crippen LogP contribution >= 0.6 is 22.6 Å². The lowest BCUT2D eigenvalue weighted by atomic mass is 10.2. The van der Waals surface area contributed by atoms with Crippen molar-refractivity contribution in [2.75, 3.05) is 25.5 Å². The number of anilines is 1. The first kappa shape index (κ1) is 15.2. The van der Waals surface area contributed by atoms with Crippen LogP contribution in [0.25, 0.3) is 0 Å². The van der Waals surface area contributed by atoms with Gasteiger partial charge >= 0.3 is 0 Å². The van der Waals surface area contributed by atoms with Gasteiger partial charge in [-0.1, -0.05) is 30.3 Å². The molecule has 1 aromatic carbocycles. The molecule has 20 heavy (non-hydrogen) atoms. The van der Waals surface area contributed by atoms with E-state index in [2.05, 4.69) is 80.2 Å². The minimum absolute atomic E-state index is 0.705. The number of hydrogen-bond donors (Lipinski definition) is 1. The summed E-state index contributed by atoms with van der Waals surface area (Å²) < 4.78 is 1.05. The van der Waals surface area contributed by atoms with E-state index in [0.717, 1.165) is 29.6 Å². The summed E-state index contributed by atoms with van der Waals surface area (Å²) in [6, 6.07) is 10.5. The van der Waals surface area contributed by atoms with Crippen LogP contribution in [-0.4, -0.2) is 35.0 Å². The van der Waals surface area contributed by atoms with Crippen LogP contribution in [0.1, 0.15) is 12.0 Å². The van der Waals surface area contributed by atoms with E-state index in [9.17, 15) is 0 Å². The fraction of sp³-hybridized carbons (Fsp3) is 0.333. The van der Waals surface area contributed by atoms with Crippen LogP contribution in [-0.2, 0) is 6.54 Å². The van der Waals surface area contributed by atoms with E-state index >= 15 is 0 Å². The second-order valence-electron chi connectivity index (χ2n) is 4.73. The molecule has 5 heteroatoms. The van der Waals surface area contributed by atoms with Crippen LogP contribution in [0.15, 0.2) is 42.7 Å². The molecule has 0 unspecified atom stereocenters. The summed E-state index contributed by atoms with van der Waals surface area (Å²) in [5, 5.41) is 3.24. The Morgan fingerprint density at radius 3 is 2.55 bits per heavy atom. The van der Waals surface area contributed by atoms with Gasteiger partial charge in [0.15, 0.2) is 0 Å². The maximum absolute atomic E-state index is 4.22. The van der Waals surface area contributed by atoms with E-state index in [4.69, 9.17) is 0 Å². The van der Waals surface area contributed by atoms with E-state index in [1.54, 1.807) is 0 Å². The number of nitrogens with zero attached hydrogens (tertiary/aromatic N) is 3. The van der Waals surface area contributed by atoms with Crippen molar-refractivity contribution in [3.63, 3.8) is 0 Å². The maximum Gasteiger partial charge on any atom is 0.222 e. The summed E-state index contributed by atoms with van der Waals surface area (Å²) >= 11 is 2.20. The maximum atomic E-state index is 4.22. The number of nitrogens with one attached hydrogen (secondary N) is 1. The molecule has 0 amide bonds. The normalized spacial score (nSPS) is 10.8. The number of hydrogen-bond acceptors (Lipinski definition) is 4. The highest BCUT2D eigenvalue weighted by Crippen LogP contribution is 2.04. The highest BCUT2D eigenvalue weighted by Gasteiger charge is 2.00. The first-order valence-corrected chi connectivity index (χ1v) is 7.76. The Morgan fingerprint density at radius 1 is 1.15 bits per heavy atom. The molecule has 0 fully saturated rings. The summed E-state index contributed by atoms with van der Waals surface area (Å²) in [7, 11) is 2.15. The third-order valence-corrected chi connectivity index (χ3v) is 3.47. The van der Waals surface area contributed by atoms with Crippen molar-refractivity contribution in [3.05, 3.63) is 51.9 Å². The standard InChI is InChI=1S/C15H19IN4/c1-20(12-13-6-3-2-4-7-13)9-5-8-17-15-18-10-14(16)11-19-15/h2-4,6-7,10-11H,5,8-9,12H2,1H3,(H,17,18,19). The van der Waals surface area contributed by atoms with Gasteiger partial charge in [0, 0.05) is 29.1 Å². The van der Waals surface area contributed by atoms with E-state index in [-0.39, 0.29) is 0 Å². The Balaban J connectivity index is 1.64. The zero-order valence-corrected chi connectivity index (χ0v) is 13.7. The minimum Gasteiger partial charge on any atom is -0.354 e. The fourth-order valence-corrected chi connectivity index (χ4v) is 2.21. The van der Waals surface area contributed by atoms with Crippen LogP contribution in [0.2, 0.25) is 0 Å². The zero-order chi connectivity index (χ0) is 14.2. The Morgan fingerprint density at radius 2 is 1.85 bits per heavy atom. The van der Waals surface area contributed by atoms with Crippen molar-refractivity contribution in [3.8, 4) is 0 Å². The van der Waals surface area contributed by atoms with E-state index in [0.29, 0.717) is 5.95 Å². The molecular weight excluding hydrogens is 363 g/mol. The smallest absolute Gasteiger partial charge is 0.222 e. The molecule has 2 aromatic rings. The Kier molecular flexibility index (Phi) is 6.20. The summed E-state index contributed by atoms with van der Waals surface area (Å²) in [4.78, 5) is 10.8. The molecule has 2 rings (SSSR count). The third-order valence-electron chi connectivity index (χ3n) is 2.92. The van der Waals surface area contributed by atoms with Gasteiger partial charge in [-0.3, -0.25) is 0 Å². The van der Waals surface area contributed by atoms with Gasteiger partial charge in [-0.2, -0.15) is 0 Å². The molecular formula is C15H19IN4. The first-order chi connectivity index (χ1) is 9.74. The molecule has 0 radical (unpaired) electrons. The molecule has 0 aliphatic rings. The number of aromatic nitrogens is 2. The van der Waals surface area contributed by atoms with Gasteiger partial charge in [-0.15, -0.1) is 0 Å². The van der Waals surface area contributed by atoms with Crippen molar-refractivity contribution in [1.29, 1.82) is 0 Å². The van der Waals surface area contributed by atoms with Gasteiger partial charge in [0.1, 0.15) is 0 Å². The highest BCUT2D eigenvalue weighted by atomic mass is 127. The molecule has 0 aliphatic carbocycles. The Labute approximate surface area is 133 Å². The number of rotatable bonds is 7. The second-order valence-corrected chi connectivity index (χ2v) is 5.97. The predicted molar refractivity (Wildman–Crippen MR) is 90.6 cm³/mol. The molecule has 106 valence electrons. The van der Waals surface area contributed by atoms with Gasteiger partial charge in [0.25, 0.3) is 0 Å². The largest absolute Gasteiger partial charge is 0.354 e. The summed E-state index contributed by atoms with van der Waals surface area (Å²) in [5.41, 5.74) is 1.35. The van der Waals surface area contributed by atoms with Gasteiger partial charge in [0.05, 0.1) is 0 Å². The van der Waals surface area contributed by atoms with Crippen molar-refractivity contribution in [2.45, 2.75) is 13.0 Å². The lowest BCUT2D eigenvalue weighted by Gasteiger charge is -2.16. The molecule has 0 saturated heterocycles. The van der Waals surface area contributed by atoms with Crippen LogP contribution in [0, 0.1) is 3.57 Å². The van der Waals surface area contributed by atoms with Crippen LogP contribution < -0.4 is 5.32 Å². The summed E-state index contributed by atoms with van der Waals surface area (Å²) in [6.45, 7) is 2.92. The Hall–Kier alpha value is -1.21. The van der Waals surface area contributed by atoms with Gasteiger partial charge in [-0.05, 0) is 48.2 Å². The molecule has 0 saturated carbocycles. The highest BCUT2D eigenvalue weighted by molar-refractivity contribution is 14.1. The summed E-state index contributed by atoms with van der Waals surface area (Å²) in [6.07, 6.45) is 4.70. The van der Waals surface area contributed by atoms with Crippen molar-refractivity contribution in [1.82, 2.24) is 14.9 Å². The quantitative estimate of drug-likeness (QED) is 0.591. The molecule has 0 bridgehead atoms. The monoisotopic (exact) mass is 382 g/mol. The molecule has 0 spiro atoms. The molecule has 0 aliphatic heterocycles. The Bertz CT molecular complexity index is 501. The van der Waals surface area contributed by atoms with Gasteiger partial charge in [-0.25, -0.2) is 9.97 Å². The molecule has 1 heterocycles. The van der Waals surface area contributed by atoms with Crippen LogP contribution in [0.3, 0.4) is 0 Å². The molecule has 0 atom stereocenters. The van der Waals surface area contributed by atoms with E-state index in [1.807, 2.05) is 12.4 Å². The van der Waals surface area contributed by atoms with Crippen molar-refractivity contribution < 1.29 is 0 Å². The van der Waals surface area contributed by atoms with Crippen molar-refractivity contribution >= 4 is 28.5 Å². The van der Waals surface area contributed by atoms with Gasteiger partial charge in [0.2, 0.25) is 5.95 Å². The topological polar surface area (TPSA) is 41.0 Å². The minimum atomic E-state index is 0.705. The average molecular weight is 382 g/mol. The van der Waals surface area contributed by atoms with Crippen LogP contribution in [0.4, 0.5) is 5.95 Å². The molecule has 1 N–H and O–H groups in total. The second kappa shape index (κ2) is 8.16. The molecule has 1 aromatic heterocycles. The average Bonchev–Trinajstić information content (AvgIpc) is 2.46. The van der Waals surface area contributed by atoms with Crippen LogP contribution in [0.5, 0.6) is 0 Å². The third kappa shape index (κ3) is 5.42. The fourth-order valence-electron chi connectivity index (χ4n) is 1.93. The van der Waals surface area contributed by atoms with Crippen molar-refractivity contribution in [2.24, 2.45) is 0 Å². The van der Waals surface area contributed by atoms with E-state index in [1.165, 1.54) is 5.56 Å².